The molecule has 0 N–H and O–H groups in total. The van der Waals surface area contributed by atoms with Gasteiger partial charge in [-0.2, -0.15) is 0 Å². The second-order valence-corrected chi connectivity index (χ2v) is 6.49. The number of benzene rings is 2. The van der Waals surface area contributed by atoms with Crippen LogP contribution in [0, 0.1) is 0 Å². The zero-order valence-corrected chi connectivity index (χ0v) is 14.3. The van der Waals surface area contributed by atoms with Gasteiger partial charge in [0.05, 0.1) is 6.10 Å². The van der Waals surface area contributed by atoms with Gasteiger partial charge >= 0.3 is 0 Å². The molecule has 1 heterocycles. The number of halogens is 1. The molecular formula is C19H20BrNO. The predicted octanol–water partition coefficient (Wildman–Crippen LogP) is 4.36. The van der Waals surface area contributed by atoms with Crippen LogP contribution in [-0.2, 0) is 11.3 Å². The molecule has 0 spiro atoms. The average Bonchev–Trinajstić information content (AvgIpc) is 2.56. The van der Waals surface area contributed by atoms with Crippen LogP contribution in [0.2, 0.25) is 0 Å². The number of ether oxygens (including phenoxy) is 1. The van der Waals surface area contributed by atoms with Crippen LogP contribution in [0.4, 0.5) is 0 Å². The monoisotopic (exact) mass is 357 g/mol. The average molecular weight is 358 g/mol. The van der Waals surface area contributed by atoms with Crippen molar-refractivity contribution in [1.29, 1.82) is 0 Å². The Labute approximate surface area is 140 Å². The van der Waals surface area contributed by atoms with Crippen molar-refractivity contribution in [3.05, 3.63) is 76.3 Å². The summed E-state index contributed by atoms with van der Waals surface area (Å²) in [6.45, 7) is 2.85. The van der Waals surface area contributed by atoms with E-state index in [1.54, 1.807) is 7.11 Å². The second kappa shape index (κ2) is 7.23. The van der Waals surface area contributed by atoms with Crippen LogP contribution in [0.1, 0.15) is 11.1 Å². The van der Waals surface area contributed by atoms with Crippen LogP contribution >= 0.6 is 15.9 Å². The van der Waals surface area contributed by atoms with Gasteiger partial charge in [0.2, 0.25) is 0 Å². The van der Waals surface area contributed by atoms with Gasteiger partial charge in [0, 0.05) is 31.2 Å². The molecule has 1 unspecified atom stereocenters. The normalized spacial score (nSPS) is 19.0. The van der Waals surface area contributed by atoms with E-state index in [9.17, 15) is 0 Å². The van der Waals surface area contributed by atoms with Crippen molar-refractivity contribution in [2.45, 2.75) is 12.6 Å². The van der Waals surface area contributed by atoms with Gasteiger partial charge in [0.1, 0.15) is 0 Å². The molecule has 0 saturated heterocycles. The molecular weight excluding hydrogens is 338 g/mol. The minimum Gasteiger partial charge on any atom is -0.375 e. The molecule has 1 aliphatic heterocycles. The van der Waals surface area contributed by atoms with Crippen LogP contribution in [0.25, 0.3) is 5.57 Å². The Morgan fingerprint density at radius 1 is 1.09 bits per heavy atom. The number of hydrogen-bond donors (Lipinski definition) is 0. The van der Waals surface area contributed by atoms with Crippen molar-refractivity contribution < 1.29 is 4.74 Å². The lowest BCUT2D eigenvalue weighted by atomic mass is 9.96. The highest BCUT2D eigenvalue weighted by Gasteiger charge is 2.23. The van der Waals surface area contributed by atoms with Gasteiger partial charge in [-0.3, -0.25) is 4.90 Å². The first kappa shape index (κ1) is 15.5. The van der Waals surface area contributed by atoms with E-state index in [4.69, 9.17) is 4.74 Å². The summed E-state index contributed by atoms with van der Waals surface area (Å²) in [5, 5.41) is 0. The van der Waals surface area contributed by atoms with Crippen LogP contribution < -0.4 is 0 Å². The number of methoxy groups -OCH3 is 1. The van der Waals surface area contributed by atoms with Gasteiger partial charge in [-0.15, -0.1) is 0 Å². The van der Waals surface area contributed by atoms with Crippen molar-refractivity contribution in [3.8, 4) is 0 Å². The third-order valence-corrected chi connectivity index (χ3v) is 4.58. The van der Waals surface area contributed by atoms with Crippen LogP contribution in [-0.4, -0.2) is 31.2 Å². The van der Waals surface area contributed by atoms with Crippen molar-refractivity contribution in [2.75, 3.05) is 20.2 Å². The fourth-order valence-corrected chi connectivity index (χ4v) is 3.15. The molecule has 3 heteroatoms. The van der Waals surface area contributed by atoms with Gasteiger partial charge in [0.15, 0.2) is 0 Å². The molecule has 2 aromatic rings. The van der Waals surface area contributed by atoms with Crippen LogP contribution in [0.3, 0.4) is 0 Å². The first-order chi connectivity index (χ1) is 10.8. The Morgan fingerprint density at radius 2 is 1.82 bits per heavy atom. The van der Waals surface area contributed by atoms with E-state index in [2.05, 4.69) is 81.5 Å². The van der Waals surface area contributed by atoms with E-state index < -0.39 is 0 Å². The summed E-state index contributed by atoms with van der Waals surface area (Å²) in [7, 11) is 1.80. The fourth-order valence-electron chi connectivity index (χ4n) is 2.88. The quantitative estimate of drug-likeness (QED) is 0.805. The van der Waals surface area contributed by atoms with Crippen molar-refractivity contribution in [2.24, 2.45) is 0 Å². The predicted molar refractivity (Wildman–Crippen MR) is 94.6 cm³/mol. The minimum absolute atomic E-state index is 0.124. The molecule has 3 rings (SSSR count). The summed E-state index contributed by atoms with van der Waals surface area (Å²) in [5.41, 5.74) is 3.88. The lowest BCUT2D eigenvalue weighted by molar-refractivity contribution is 0.0978. The van der Waals surface area contributed by atoms with E-state index >= 15 is 0 Å². The first-order valence-electron chi connectivity index (χ1n) is 7.51. The fraction of sp³-hybridized carbons (Fsp3) is 0.263. The third-order valence-electron chi connectivity index (χ3n) is 4.05. The summed E-state index contributed by atoms with van der Waals surface area (Å²) in [6.07, 6.45) is 2.42. The Morgan fingerprint density at radius 3 is 2.50 bits per heavy atom. The minimum atomic E-state index is 0.124. The number of nitrogens with zero attached hydrogens (tertiary/aromatic N) is 1. The lowest BCUT2D eigenvalue weighted by Gasteiger charge is -2.32. The number of rotatable bonds is 4. The highest BCUT2D eigenvalue weighted by Crippen LogP contribution is 2.26. The maximum absolute atomic E-state index is 5.73. The molecule has 1 aliphatic rings. The Bertz CT molecular complexity index is 636. The summed E-state index contributed by atoms with van der Waals surface area (Å²) in [5.74, 6) is 0. The molecule has 0 aliphatic carbocycles. The van der Waals surface area contributed by atoms with Gasteiger partial charge in [-0.05, 0) is 28.8 Å². The summed E-state index contributed by atoms with van der Waals surface area (Å²) >= 11 is 3.49. The van der Waals surface area contributed by atoms with Crippen LogP contribution in [0.5, 0.6) is 0 Å². The van der Waals surface area contributed by atoms with Crippen LogP contribution in [0.15, 0.2) is 65.1 Å². The molecule has 22 heavy (non-hydrogen) atoms. The SMILES string of the molecule is COC1CN(Cc2ccccc2)CC=C1c1ccc(Br)cc1. The smallest absolute Gasteiger partial charge is 0.0951 e. The van der Waals surface area contributed by atoms with Crippen molar-refractivity contribution in [1.82, 2.24) is 4.90 Å². The Hall–Kier alpha value is -1.42. The maximum atomic E-state index is 5.73. The largest absolute Gasteiger partial charge is 0.375 e. The van der Waals surface area contributed by atoms with Crippen molar-refractivity contribution in [3.63, 3.8) is 0 Å². The zero-order valence-electron chi connectivity index (χ0n) is 12.7. The molecule has 2 nitrogen and oxygen atoms in total. The highest BCUT2D eigenvalue weighted by atomic mass is 79.9. The summed E-state index contributed by atoms with van der Waals surface area (Å²) in [6, 6.07) is 19.1. The Kier molecular flexibility index (Phi) is 5.08. The molecule has 0 bridgehead atoms. The van der Waals surface area contributed by atoms with E-state index in [-0.39, 0.29) is 6.10 Å². The topological polar surface area (TPSA) is 12.5 Å². The highest BCUT2D eigenvalue weighted by molar-refractivity contribution is 9.10. The maximum Gasteiger partial charge on any atom is 0.0951 e. The summed E-state index contributed by atoms with van der Waals surface area (Å²) in [4.78, 5) is 2.42. The standard InChI is InChI=1S/C19H20BrNO/c1-22-19-14-21(13-15-5-3-2-4-6-15)12-11-18(19)16-7-9-17(20)10-8-16/h2-11,19H,12-14H2,1H3. The Balaban J connectivity index is 1.75. The molecule has 2 aromatic carbocycles. The van der Waals surface area contributed by atoms with Gasteiger partial charge < -0.3 is 4.74 Å². The van der Waals surface area contributed by atoms with E-state index in [1.807, 2.05) is 0 Å². The van der Waals surface area contributed by atoms with E-state index in [0.29, 0.717) is 0 Å². The lowest BCUT2D eigenvalue weighted by Crippen LogP contribution is -2.37. The van der Waals surface area contributed by atoms with E-state index in [0.717, 1.165) is 24.1 Å². The molecule has 0 fully saturated rings. The number of hydrogen-bond acceptors (Lipinski definition) is 2. The molecule has 0 saturated carbocycles. The molecule has 0 aromatic heterocycles. The van der Waals surface area contributed by atoms with Gasteiger partial charge in [0.25, 0.3) is 0 Å². The third kappa shape index (κ3) is 3.67. The van der Waals surface area contributed by atoms with Gasteiger partial charge in [-0.1, -0.05) is 64.5 Å². The molecule has 1 atom stereocenters. The molecule has 0 amide bonds. The molecule has 114 valence electrons. The van der Waals surface area contributed by atoms with Gasteiger partial charge in [-0.25, -0.2) is 0 Å². The molecule has 0 radical (unpaired) electrons. The second-order valence-electron chi connectivity index (χ2n) is 5.57. The first-order valence-corrected chi connectivity index (χ1v) is 8.30. The zero-order chi connectivity index (χ0) is 15.4. The van der Waals surface area contributed by atoms with E-state index in [1.165, 1.54) is 16.7 Å². The summed E-state index contributed by atoms with van der Waals surface area (Å²) < 4.78 is 6.84. The van der Waals surface area contributed by atoms with Crippen molar-refractivity contribution >= 4 is 21.5 Å².